The van der Waals surface area contributed by atoms with Crippen LogP contribution in [-0.2, 0) is 17.7 Å². The molecule has 0 fully saturated rings. The highest BCUT2D eigenvalue weighted by Crippen LogP contribution is 2.17. The van der Waals surface area contributed by atoms with E-state index in [1.807, 2.05) is 25.1 Å². The van der Waals surface area contributed by atoms with Gasteiger partial charge in [-0.2, -0.15) is 0 Å². The summed E-state index contributed by atoms with van der Waals surface area (Å²) in [6, 6.07) is 8.18. The van der Waals surface area contributed by atoms with Crippen molar-refractivity contribution in [2.75, 3.05) is 19.0 Å². The van der Waals surface area contributed by atoms with Crippen LogP contribution >= 0.6 is 0 Å². The number of para-hydroxylation sites is 1. The van der Waals surface area contributed by atoms with E-state index >= 15 is 0 Å². The van der Waals surface area contributed by atoms with E-state index in [4.69, 9.17) is 4.74 Å². The van der Waals surface area contributed by atoms with Gasteiger partial charge < -0.3 is 10.1 Å². The van der Waals surface area contributed by atoms with Crippen LogP contribution in [0.2, 0.25) is 0 Å². The number of nitrogens with zero attached hydrogens (tertiary/aromatic N) is 2. The quantitative estimate of drug-likeness (QED) is 0.847. The minimum Gasteiger partial charge on any atom is -0.384 e. The molecular weight excluding hydrogens is 230 g/mol. The van der Waals surface area contributed by atoms with Gasteiger partial charge in [-0.25, -0.2) is 4.63 Å². The second kappa shape index (κ2) is 6.16. The Kier molecular flexibility index (Phi) is 4.30. The molecule has 0 saturated carbocycles. The van der Waals surface area contributed by atoms with Crippen molar-refractivity contribution in [2.24, 2.45) is 0 Å². The third-order valence-electron chi connectivity index (χ3n) is 2.79. The molecule has 1 aromatic heterocycles. The van der Waals surface area contributed by atoms with Crippen LogP contribution in [-0.4, -0.2) is 24.0 Å². The minimum atomic E-state index is 0.610. The maximum Gasteiger partial charge on any atom is 0.127 e. The zero-order chi connectivity index (χ0) is 12.8. The van der Waals surface area contributed by atoms with Gasteiger partial charge in [0.15, 0.2) is 0 Å². The number of benzene rings is 1. The molecule has 0 amide bonds. The fourth-order valence-corrected chi connectivity index (χ4v) is 1.71. The van der Waals surface area contributed by atoms with Gasteiger partial charge in [-0.05, 0) is 25.0 Å². The maximum atomic E-state index is 5.11. The van der Waals surface area contributed by atoms with Gasteiger partial charge in [0.05, 0.1) is 13.2 Å². The molecule has 0 bridgehead atoms. The van der Waals surface area contributed by atoms with Crippen LogP contribution in [0.1, 0.15) is 17.0 Å². The van der Waals surface area contributed by atoms with E-state index in [2.05, 4.69) is 26.3 Å². The molecule has 5 nitrogen and oxygen atoms in total. The first-order chi connectivity index (χ1) is 8.81. The Morgan fingerprint density at radius 2 is 2.11 bits per heavy atom. The zero-order valence-electron chi connectivity index (χ0n) is 10.6. The third kappa shape index (κ3) is 3.07. The van der Waals surface area contributed by atoms with Crippen molar-refractivity contribution in [1.29, 1.82) is 0 Å². The van der Waals surface area contributed by atoms with Gasteiger partial charge in [0.25, 0.3) is 0 Å². The Labute approximate surface area is 106 Å². The zero-order valence-corrected chi connectivity index (χ0v) is 10.6. The lowest BCUT2D eigenvalue weighted by Gasteiger charge is -2.10. The highest BCUT2D eigenvalue weighted by molar-refractivity contribution is 5.51. The van der Waals surface area contributed by atoms with E-state index in [1.165, 1.54) is 5.56 Å². The van der Waals surface area contributed by atoms with Crippen molar-refractivity contribution >= 4 is 5.69 Å². The molecule has 1 N–H and O–H groups in total. The van der Waals surface area contributed by atoms with E-state index in [0.29, 0.717) is 13.2 Å². The summed E-state index contributed by atoms with van der Waals surface area (Å²) in [4.78, 5) is 0. The van der Waals surface area contributed by atoms with Gasteiger partial charge in [0, 0.05) is 12.8 Å². The van der Waals surface area contributed by atoms with E-state index in [9.17, 15) is 0 Å². The van der Waals surface area contributed by atoms with Crippen molar-refractivity contribution in [1.82, 2.24) is 10.3 Å². The van der Waals surface area contributed by atoms with Crippen molar-refractivity contribution in [3.8, 4) is 0 Å². The van der Waals surface area contributed by atoms with E-state index in [1.54, 1.807) is 7.11 Å². The van der Waals surface area contributed by atoms with Gasteiger partial charge >= 0.3 is 0 Å². The number of aryl methyl sites for hydroxylation is 1. The number of anilines is 1. The number of nitrogens with one attached hydrogen (secondary N) is 1. The SMILES string of the molecule is COCCc1ccccc1NCc1nonc1C. The summed E-state index contributed by atoms with van der Waals surface area (Å²) in [7, 11) is 1.71. The third-order valence-corrected chi connectivity index (χ3v) is 2.79. The number of rotatable bonds is 6. The molecule has 1 heterocycles. The smallest absolute Gasteiger partial charge is 0.127 e. The van der Waals surface area contributed by atoms with Crippen molar-refractivity contribution in [3.63, 3.8) is 0 Å². The van der Waals surface area contributed by atoms with Crippen molar-refractivity contribution in [2.45, 2.75) is 19.9 Å². The topological polar surface area (TPSA) is 60.2 Å². The molecule has 5 heteroatoms. The molecule has 96 valence electrons. The summed E-state index contributed by atoms with van der Waals surface area (Å²) >= 11 is 0. The Morgan fingerprint density at radius 3 is 2.83 bits per heavy atom. The second-order valence-corrected chi connectivity index (χ2v) is 4.05. The standard InChI is InChI=1S/C13H17N3O2/c1-10-13(16-18-15-10)9-14-12-6-4-3-5-11(12)7-8-17-2/h3-6,14H,7-9H2,1-2H3. The molecule has 0 radical (unpaired) electrons. The van der Waals surface area contributed by atoms with Gasteiger partial charge in [0.1, 0.15) is 11.4 Å². The van der Waals surface area contributed by atoms with Crippen LogP contribution < -0.4 is 5.32 Å². The van der Waals surface area contributed by atoms with Gasteiger partial charge in [-0.3, -0.25) is 0 Å². The first-order valence-corrected chi connectivity index (χ1v) is 5.90. The molecule has 2 rings (SSSR count). The lowest BCUT2D eigenvalue weighted by atomic mass is 10.1. The molecule has 0 spiro atoms. The first-order valence-electron chi connectivity index (χ1n) is 5.90. The summed E-state index contributed by atoms with van der Waals surface area (Å²) in [5.74, 6) is 0. The Balaban J connectivity index is 2.02. The molecule has 0 saturated heterocycles. The summed E-state index contributed by atoms with van der Waals surface area (Å²) in [6.45, 7) is 3.20. The Morgan fingerprint density at radius 1 is 1.28 bits per heavy atom. The van der Waals surface area contributed by atoms with Crippen molar-refractivity contribution in [3.05, 3.63) is 41.2 Å². The van der Waals surface area contributed by atoms with Crippen LogP contribution in [0.5, 0.6) is 0 Å². The van der Waals surface area contributed by atoms with Crippen LogP contribution in [0, 0.1) is 6.92 Å². The van der Waals surface area contributed by atoms with Crippen LogP contribution in [0.4, 0.5) is 5.69 Å². The Hall–Kier alpha value is -1.88. The van der Waals surface area contributed by atoms with Gasteiger partial charge in [0.2, 0.25) is 0 Å². The minimum absolute atomic E-state index is 0.610. The molecule has 2 aromatic rings. The molecular formula is C13H17N3O2. The molecule has 0 atom stereocenters. The lowest BCUT2D eigenvalue weighted by Crippen LogP contribution is -2.05. The number of hydrogen-bond acceptors (Lipinski definition) is 5. The van der Waals surface area contributed by atoms with Crippen molar-refractivity contribution < 1.29 is 9.37 Å². The second-order valence-electron chi connectivity index (χ2n) is 4.05. The number of methoxy groups -OCH3 is 1. The average Bonchev–Trinajstić information content (AvgIpc) is 2.80. The first kappa shape index (κ1) is 12.6. The van der Waals surface area contributed by atoms with E-state index < -0.39 is 0 Å². The Bertz CT molecular complexity index is 496. The molecule has 1 aromatic carbocycles. The fourth-order valence-electron chi connectivity index (χ4n) is 1.71. The highest BCUT2D eigenvalue weighted by Gasteiger charge is 2.06. The van der Waals surface area contributed by atoms with Gasteiger partial charge in [-0.1, -0.05) is 28.5 Å². The lowest BCUT2D eigenvalue weighted by molar-refractivity contribution is 0.202. The molecule has 0 aliphatic carbocycles. The monoisotopic (exact) mass is 247 g/mol. The predicted molar refractivity (Wildman–Crippen MR) is 68.4 cm³/mol. The van der Waals surface area contributed by atoms with Crippen LogP contribution in [0.3, 0.4) is 0 Å². The normalized spacial score (nSPS) is 10.6. The van der Waals surface area contributed by atoms with E-state index in [-0.39, 0.29) is 0 Å². The fraction of sp³-hybridized carbons (Fsp3) is 0.385. The van der Waals surface area contributed by atoms with Crippen LogP contribution in [0.15, 0.2) is 28.9 Å². The molecule has 0 unspecified atom stereocenters. The largest absolute Gasteiger partial charge is 0.384 e. The summed E-state index contributed by atoms with van der Waals surface area (Å²) in [5.41, 5.74) is 3.97. The maximum absolute atomic E-state index is 5.11. The number of hydrogen-bond donors (Lipinski definition) is 1. The summed E-state index contributed by atoms with van der Waals surface area (Å²) in [6.07, 6.45) is 0.885. The molecule has 0 aliphatic heterocycles. The average molecular weight is 247 g/mol. The molecule has 0 aliphatic rings. The predicted octanol–water partition coefficient (Wildman–Crippen LogP) is 2.18. The highest BCUT2D eigenvalue weighted by atomic mass is 16.6. The summed E-state index contributed by atoms with van der Waals surface area (Å²) in [5, 5.41) is 11.0. The molecule has 18 heavy (non-hydrogen) atoms. The summed E-state index contributed by atoms with van der Waals surface area (Å²) < 4.78 is 9.77. The van der Waals surface area contributed by atoms with E-state index in [0.717, 1.165) is 23.5 Å². The van der Waals surface area contributed by atoms with Gasteiger partial charge in [-0.15, -0.1) is 0 Å². The number of aromatic nitrogens is 2. The number of ether oxygens (including phenoxy) is 1. The van der Waals surface area contributed by atoms with Crippen LogP contribution in [0.25, 0.3) is 0 Å².